The molecule has 7 atom stereocenters. The summed E-state index contributed by atoms with van der Waals surface area (Å²) in [7, 11) is 6.33. The molecule has 27 heteroatoms. The van der Waals surface area contributed by atoms with E-state index in [1.54, 1.807) is 14.7 Å². The van der Waals surface area contributed by atoms with Gasteiger partial charge in [-0.05, 0) is 168 Å². The number of pyridine rings is 3. The fraction of sp³-hybridized carbons (Fsp3) is 0.411. The largest absolute Gasteiger partial charge is 0.476 e. The molecule has 712 valence electrons. The lowest BCUT2D eigenvalue weighted by Gasteiger charge is -2.43. The second kappa shape index (κ2) is 43.0. The van der Waals surface area contributed by atoms with Gasteiger partial charge in [0.25, 0.3) is 0 Å². The Morgan fingerprint density at radius 3 is 1.22 bits per heavy atom. The van der Waals surface area contributed by atoms with Gasteiger partial charge in [-0.2, -0.15) is 31.6 Å². The molecule has 12 heterocycles. The zero-order valence-electron chi connectivity index (χ0n) is 81.2. The molecule has 0 spiro atoms. The van der Waals surface area contributed by atoms with E-state index >= 15 is 0 Å². The number of carbonyl (C=O) groups excluding carboxylic acids is 3. The Morgan fingerprint density at radius 2 is 0.835 bits per heavy atom. The van der Waals surface area contributed by atoms with Crippen molar-refractivity contribution in [1.29, 1.82) is 31.6 Å². The van der Waals surface area contributed by atoms with E-state index in [1.807, 2.05) is 6.07 Å². The number of nitrogens with zero attached hydrogens (tertiary/aromatic N) is 22. The van der Waals surface area contributed by atoms with E-state index in [2.05, 4.69) is 287 Å². The summed E-state index contributed by atoms with van der Waals surface area (Å²) in [6.45, 7) is 34.8. The van der Waals surface area contributed by atoms with Gasteiger partial charge in [0.15, 0.2) is 0 Å². The Balaban J connectivity index is 0.000000144. The molecule has 0 N–H and O–H groups in total. The Kier molecular flexibility index (Phi) is 29.7. The number of carbonyl (C=O) groups is 3. The van der Waals surface area contributed by atoms with E-state index in [0.29, 0.717) is 151 Å². The number of amides is 3. The molecule has 7 aromatic carbocycles. The SMILES string of the molecule is C=CC(=O)N1CCN(c2c(C#N)c(N3CCC(N(C)C)C3)nc3c2CCN(c2cccc4cccc(C)c24)C3)C[C@@H]1CC#N.C=CC(=O)N1CCN(c2c(C#N)c(OCC3CCN(Cc4ccccc4)C3)nc3c2CCN(c2cccc4cccc(C)c24)C3)C[C@@H]1CC#N.C=CC(=O)N1CCN(c2c(C#N)c(OC[C@@H]3C[C@@H](C)CN3C)nc3c2CCN(c2cccc4cccc(C)c24)C3)C[C@@H]1CC#N. The number of hydrogen-bond acceptors (Lipinski definition) is 24. The van der Waals surface area contributed by atoms with Crippen molar-refractivity contribution in [2.24, 2.45) is 11.8 Å². The summed E-state index contributed by atoms with van der Waals surface area (Å²) in [6, 6.07) is 63.2. The van der Waals surface area contributed by atoms with Gasteiger partial charge in [-0.15, -0.1) is 0 Å². The Bertz CT molecular complexity index is 6600. The first-order valence-corrected chi connectivity index (χ1v) is 49.0. The van der Waals surface area contributed by atoms with Gasteiger partial charge in [-0.25, -0.2) is 15.0 Å². The number of rotatable bonds is 22. The molecule has 0 radical (unpaired) electrons. The fourth-order valence-corrected chi connectivity index (χ4v) is 22.9. The van der Waals surface area contributed by atoms with Crippen LogP contribution in [0, 0.1) is 101 Å². The van der Waals surface area contributed by atoms with Crippen LogP contribution in [0.3, 0.4) is 0 Å². The predicted molar refractivity (Wildman–Crippen MR) is 547 cm³/mol. The summed E-state index contributed by atoms with van der Waals surface area (Å²) in [5.74, 6) is 1.91. The first-order valence-electron chi connectivity index (χ1n) is 49.0. The number of ether oxygens (including phenoxy) is 2. The van der Waals surface area contributed by atoms with Crippen LogP contribution in [-0.2, 0) is 59.8 Å². The molecule has 139 heavy (non-hydrogen) atoms. The number of nitriles is 6. The minimum Gasteiger partial charge on any atom is -0.476 e. The molecule has 0 bridgehead atoms. The summed E-state index contributed by atoms with van der Waals surface area (Å²) >= 11 is 0. The van der Waals surface area contributed by atoms with Gasteiger partial charge in [0, 0.05) is 179 Å². The van der Waals surface area contributed by atoms with E-state index in [-0.39, 0.29) is 61.2 Å². The Labute approximate surface area is 817 Å². The third kappa shape index (κ3) is 20.2. The van der Waals surface area contributed by atoms with Crippen molar-refractivity contribution in [3.05, 3.63) is 250 Å². The van der Waals surface area contributed by atoms with E-state index in [1.165, 1.54) is 89.9 Å². The maximum absolute atomic E-state index is 12.7. The van der Waals surface area contributed by atoms with E-state index < -0.39 is 0 Å². The third-order valence-electron chi connectivity index (χ3n) is 29.9. The summed E-state index contributed by atoms with van der Waals surface area (Å²) in [6.07, 6.45) is 9.83. The molecular formula is C112H124N22O5. The summed E-state index contributed by atoms with van der Waals surface area (Å²) in [4.78, 5) is 81.8. The second-order valence-electron chi connectivity index (χ2n) is 38.8. The normalized spacial score (nSPS) is 20.3. The maximum Gasteiger partial charge on any atom is 0.246 e. The minimum atomic E-state index is -0.313. The predicted octanol–water partition coefficient (Wildman–Crippen LogP) is 15.0. The van der Waals surface area contributed by atoms with Crippen molar-refractivity contribution in [3.8, 4) is 48.2 Å². The monoisotopic (exact) mass is 1860 g/mol. The molecule has 6 fully saturated rings. The third-order valence-corrected chi connectivity index (χ3v) is 29.9. The molecule has 0 saturated carbocycles. The number of likely N-dealkylation sites (N-methyl/N-ethyl adjacent to an activating group) is 2. The Hall–Kier alpha value is -14.6. The molecule has 3 amide bonds. The lowest BCUT2D eigenvalue weighted by molar-refractivity contribution is -0.129. The van der Waals surface area contributed by atoms with Crippen molar-refractivity contribution in [2.45, 2.75) is 142 Å². The highest BCUT2D eigenvalue weighted by Gasteiger charge is 2.42. The highest BCUT2D eigenvalue weighted by atomic mass is 16.5. The van der Waals surface area contributed by atoms with E-state index in [9.17, 15) is 46.0 Å². The smallest absolute Gasteiger partial charge is 0.246 e. The minimum absolute atomic E-state index is 0.157. The van der Waals surface area contributed by atoms with Crippen LogP contribution in [0.1, 0.15) is 118 Å². The molecule has 19 rings (SSSR count). The highest BCUT2D eigenvalue weighted by molar-refractivity contribution is 6.00. The molecule has 2 unspecified atom stereocenters. The number of aryl methyl sites for hydroxylation is 3. The van der Waals surface area contributed by atoms with Crippen molar-refractivity contribution in [2.75, 3.05) is 180 Å². The van der Waals surface area contributed by atoms with Crippen LogP contribution >= 0.6 is 0 Å². The van der Waals surface area contributed by atoms with Crippen molar-refractivity contribution < 1.29 is 23.9 Å². The maximum atomic E-state index is 12.7. The van der Waals surface area contributed by atoms with Crippen molar-refractivity contribution >= 4 is 90.0 Å². The van der Waals surface area contributed by atoms with Gasteiger partial charge in [-0.3, -0.25) is 24.2 Å². The van der Waals surface area contributed by atoms with Crippen LogP contribution in [0.4, 0.5) is 39.9 Å². The lowest BCUT2D eigenvalue weighted by Crippen LogP contribution is -2.55. The quantitative estimate of drug-likeness (QED) is 0.0569. The molecule has 10 aromatic rings. The van der Waals surface area contributed by atoms with E-state index in [4.69, 9.17) is 24.4 Å². The first kappa shape index (κ1) is 96.1. The van der Waals surface area contributed by atoms with Crippen LogP contribution in [0.15, 0.2) is 177 Å². The van der Waals surface area contributed by atoms with Crippen LogP contribution in [0.2, 0.25) is 0 Å². The van der Waals surface area contributed by atoms with Crippen molar-refractivity contribution in [3.63, 3.8) is 0 Å². The number of fused-ring (bicyclic) bond motifs is 6. The second-order valence-corrected chi connectivity index (χ2v) is 38.8. The van der Waals surface area contributed by atoms with Crippen LogP contribution < -0.4 is 43.8 Å². The first-order chi connectivity index (χ1) is 67.6. The van der Waals surface area contributed by atoms with Crippen LogP contribution in [0.25, 0.3) is 32.3 Å². The molecule has 27 nitrogen and oxygen atoms in total. The van der Waals surface area contributed by atoms with E-state index in [0.717, 1.165) is 141 Å². The lowest BCUT2D eigenvalue weighted by atomic mass is 9.95. The van der Waals surface area contributed by atoms with Gasteiger partial charge >= 0.3 is 0 Å². The zero-order chi connectivity index (χ0) is 97.2. The molecule has 6 saturated heterocycles. The Morgan fingerprint density at radius 1 is 0.432 bits per heavy atom. The average Bonchev–Trinajstić information content (AvgIpc) is 1.18. The van der Waals surface area contributed by atoms with Gasteiger partial charge in [0.1, 0.15) is 47.3 Å². The van der Waals surface area contributed by atoms with Gasteiger partial charge < -0.3 is 63.4 Å². The van der Waals surface area contributed by atoms with Gasteiger partial charge in [-0.1, -0.05) is 148 Å². The fourth-order valence-electron chi connectivity index (χ4n) is 22.9. The standard InChI is InChI=1S/C41H43N7O2.C36H41N7O2.C35H40N8O/c1-3-38(49)48-22-21-47(26-33(48)15-18-42)40-34-17-20-46(37-14-8-13-32-12-7-9-29(2)39(32)37)27-36(34)44-41(35(40)23-43)50-28-31-16-19-45(25-31)24-30-10-5-4-6-11-30;1-5-33(44)43-17-16-42(21-27(43)12-14-37)35-29-13-15-41(32-11-7-10-26-9-6-8-25(3)34(26)32)22-31(29)39-36(30(35)19-38)45-23-28-18-24(2)20-40(28)4;1-5-32(44)43-19-18-41(22-27(43)12-15-36)34-28-14-17-40(31-11-7-10-25-9-6-8-24(2)33(25)31)23-30(28)38-35(29(34)20-37)42-16-13-26(21-42)39(3)4/h3-14,31,33H,1,15-17,19-22,24-28H2,2H3;5-11,24,27-28H,1,12-13,15-18,20-23H2,2-4H3;5-11,26-27H,1,12-14,16-19,21-23H2,2-4H3/t31?,33-;24-,27+,28+;26?,27-/m010/s1. The van der Waals surface area contributed by atoms with Gasteiger partial charge in [0.05, 0.1) is 116 Å². The average molecular weight is 1860 g/mol. The number of aromatic nitrogens is 3. The number of anilines is 7. The molecular weight excluding hydrogens is 1730 g/mol. The molecule has 3 aromatic heterocycles. The zero-order valence-corrected chi connectivity index (χ0v) is 81.2. The molecule has 9 aliphatic heterocycles. The summed E-state index contributed by atoms with van der Waals surface area (Å²) in [5.41, 5.74) is 18.7. The summed E-state index contributed by atoms with van der Waals surface area (Å²) < 4.78 is 13.0. The van der Waals surface area contributed by atoms with Crippen molar-refractivity contribution in [1.82, 2.24) is 44.4 Å². The van der Waals surface area contributed by atoms with Crippen LogP contribution in [-0.4, -0.2) is 238 Å². The number of likely N-dealkylation sites (tertiary alicyclic amines) is 2. The highest BCUT2D eigenvalue weighted by Crippen LogP contribution is 2.46. The summed E-state index contributed by atoms with van der Waals surface area (Å²) in [5, 5.41) is 68.3. The number of benzene rings is 7. The van der Waals surface area contributed by atoms with Gasteiger partial charge in [0.2, 0.25) is 29.5 Å². The van der Waals surface area contributed by atoms with Crippen LogP contribution in [0.5, 0.6) is 11.8 Å². The topological polar surface area (TPSA) is 293 Å². The molecule has 9 aliphatic rings. The molecule has 0 aliphatic carbocycles. The number of hydrogen-bond donors (Lipinski definition) is 0. The number of piperazine rings is 3.